The van der Waals surface area contributed by atoms with E-state index in [0.29, 0.717) is 6.61 Å². The van der Waals surface area contributed by atoms with Gasteiger partial charge in [0.25, 0.3) is 0 Å². The molecule has 0 saturated carbocycles. The second kappa shape index (κ2) is 8.11. The van der Waals surface area contributed by atoms with E-state index >= 15 is 0 Å². The van der Waals surface area contributed by atoms with Crippen LogP contribution in [0.25, 0.3) is 0 Å². The Bertz CT molecular complexity index is 742. The van der Waals surface area contributed by atoms with Crippen LogP contribution in [0.3, 0.4) is 0 Å². The van der Waals surface area contributed by atoms with E-state index in [1.165, 1.54) is 12.8 Å². The minimum atomic E-state index is -0.0446. The van der Waals surface area contributed by atoms with Gasteiger partial charge in [-0.05, 0) is 50.2 Å². The molecule has 2 aromatic carbocycles. The molecule has 0 N–H and O–H groups in total. The maximum absolute atomic E-state index is 6.04. The van der Waals surface area contributed by atoms with Crippen LogP contribution in [0.2, 0.25) is 5.02 Å². The molecule has 2 unspecified atom stereocenters. The highest BCUT2D eigenvalue weighted by atomic mass is 35.5. The Morgan fingerprint density at radius 2 is 1.77 bits per heavy atom. The highest BCUT2D eigenvalue weighted by Crippen LogP contribution is 2.26. The Morgan fingerprint density at radius 3 is 2.50 bits per heavy atom. The van der Waals surface area contributed by atoms with Crippen LogP contribution in [0, 0.1) is 0 Å². The fourth-order valence-corrected chi connectivity index (χ4v) is 3.77. The number of benzene rings is 2. The maximum Gasteiger partial charge on any atom is 0.163 e. The molecular formula is C21H23ClN2O2. The lowest BCUT2D eigenvalue weighted by atomic mass is 9.96. The summed E-state index contributed by atoms with van der Waals surface area (Å²) in [7, 11) is 0. The number of ether oxygens (including phenoxy) is 1. The molecule has 1 fully saturated rings. The molecule has 2 aliphatic rings. The summed E-state index contributed by atoms with van der Waals surface area (Å²) in [6, 6.07) is 18.0. The van der Waals surface area contributed by atoms with E-state index in [1.54, 1.807) is 0 Å². The molecule has 26 heavy (non-hydrogen) atoms. The highest BCUT2D eigenvalue weighted by Gasteiger charge is 2.34. The summed E-state index contributed by atoms with van der Waals surface area (Å²) in [5.41, 5.74) is 2.08. The van der Waals surface area contributed by atoms with Gasteiger partial charge < -0.3 is 9.57 Å². The quantitative estimate of drug-likeness (QED) is 0.783. The normalized spacial score (nSPS) is 23.3. The number of oxime groups is 1. The first-order valence-corrected chi connectivity index (χ1v) is 9.59. The van der Waals surface area contributed by atoms with Gasteiger partial charge >= 0.3 is 0 Å². The zero-order chi connectivity index (χ0) is 17.8. The molecule has 0 spiro atoms. The van der Waals surface area contributed by atoms with Crippen LogP contribution in [0.15, 0.2) is 59.8 Å². The summed E-state index contributed by atoms with van der Waals surface area (Å²) in [6.07, 6.45) is 3.33. The van der Waals surface area contributed by atoms with Gasteiger partial charge in [-0.25, -0.2) is 0 Å². The van der Waals surface area contributed by atoms with Crippen molar-refractivity contribution in [3.8, 4) is 5.75 Å². The number of halogens is 1. The van der Waals surface area contributed by atoms with Crippen molar-refractivity contribution in [2.24, 2.45) is 5.16 Å². The lowest BCUT2D eigenvalue weighted by Crippen LogP contribution is -2.46. The summed E-state index contributed by atoms with van der Waals surface area (Å²) in [5, 5.41) is 5.24. The van der Waals surface area contributed by atoms with Gasteiger partial charge in [-0.1, -0.05) is 47.1 Å². The maximum atomic E-state index is 6.04. The average Bonchev–Trinajstić information content (AvgIpc) is 3.22. The lowest BCUT2D eigenvalue weighted by Gasteiger charge is -2.34. The van der Waals surface area contributed by atoms with Gasteiger partial charge in [-0.2, -0.15) is 0 Å². The second-order valence-corrected chi connectivity index (χ2v) is 7.27. The number of hydrogen-bond acceptors (Lipinski definition) is 4. The van der Waals surface area contributed by atoms with E-state index in [4.69, 9.17) is 21.2 Å². The Balaban J connectivity index is 1.50. The van der Waals surface area contributed by atoms with Crippen molar-refractivity contribution >= 4 is 17.3 Å². The van der Waals surface area contributed by atoms with E-state index in [0.717, 1.165) is 41.6 Å². The molecule has 0 bridgehead atoms. The first-order valence-electron chi connectivity index (χ1n) is 9.21. The van der Waals surface area contributed by atoms with Gasteiger partial charge in [0.05, 0.1) is 6.04 Å². The summed E-state index contributed by atoms with van der Waals surface area (Å²) in [4.78, 5) is 8.31. The van der Waals surface area contributed by atoms with Gasteiger partial charge in [0, 0.05) is 17.0 Å². The van der Waals surface area contributed by atoms with E-state index in [9.17, 15) is 0 Å². The first-order chi connectivity index (χ1) is 12.8. The molecule has 2 atom stereocenters. The average molecular weight is 371 g/mol. The van der Waals surface area contributed by atoms with E-state index in [1.807, 2.05) is 54.6 Å². The first kappa shape index (κ1) is 17.4. The van der Waals surface area contributed by atoms with Crippen molar-refractivity contribution < 1.29 is 9.57 Å². The van der Waals surface area contributed by atoms with E-state index in [-0.39, 0.29) is 12.1 Å². The molecule has 4 nitrogen and oxygen atoms in total. The number of para-hydroxylation sites is 1. The molecule has 136 valence electrons. The molecule has 4 rings (SSSR count). The molecule has 5 heteroatoms. The van der Waals surface area contributed by atoms with Crippen molar-refractivity contribution in [1.82, 2.24) is 4.90 Å². The molecule has 2 heterocycles. The predicted octanol–water partition coefficient (Wildman–Crippen LogP) is 4.38. The number of hydrogen-bond donors (Lipinski definition) is 0. The van der Waals surface area contributed by atoms with Gasteiger partial charge in [-0.15, -0.1) is 0 Å². The smallest absolute Gasteiger partial charge is 0.163 e. The van der Waals surface area contributed by atoms with Crippen molar-refractivity contribution in [1.29, 1.82) is 0 Å². The van der Waals surface area contributed by atoms with Crippen LogP contribution < -0.4 is 4.74 Å². The molecular weight excluding hydrogens is 348 g/mol. The number of nitrogens with zero attached hydrogens (tertiary/aromatic N) is 2. The lowest BCUT2D eigenvalue weighted by molar-refractivity contribution is -0.00465. The Hall–Kier alpha value is -2.04. The summed E-state index contributed by atoms with van der Waals surface area (Å²) >= 11 is 6.04. The highest BCUT2D eigenvalue weighted by molar-refractivity contribution is 6.30. The topological polar surface area (TPSA) is 34.1 Å². The van der Waals surface area contributed by atoms with E-state index in [2.05, 4.69) is 10.1 Å². The molecule has 0 radical (unpaired) electrons. The zero-order valence-corrected chi connectivity index (χ0v) is 15.4. The number of likely N-dealkylation sites (tertiary alicyclic amines) is 1. The van der Waals surface area contributed by atoms with Crippen LogP contribution in [-0.4, -0.2) is 42.5 Å². The van der Waals surface area contributed by atoms with Crippen LogP contribution in [0.5, 0.6) is 5.75 Å². The monoisotopic (exact) mass is 370 g/mol. The third-order valence-corrected chi connectivity index (χ3v) is 5.25. The van der Waals surface area contributed by atoms with Crippen LogP contribution in [0.4, 0.5) is 0 Å². The Morgan fingerprint density at radius 1 is 1.04 bits per heavy atom. The minimum Gasteiger partial charge on any atom is -0.490 e. The summed E-state index contributed by atoms with van der Waals surface area (Å²) < 4.78 is 5.88. The second-order valence-electron chi connectivity index (χ2n) is 6.83. The Kier molecular flexibility index (Phi) is 5.42. The van der Waals surface area contributed by atoms with Crippen LogP contribution in [0.1, 0.15) is 24.8 Å². The zero-order valence-electron chi connectivity index (χ0n) is 14.7. The summed E-state index contributed by atoms with van der Waals surface area (Å²) in [5.74, 6) is 0.862. The fraction of sp³-hybridized carbons (Fsp3) is 0.381. The SMILES string of the molecule is Clc1ccc(C2=NOC(COc3ccccc3)CC2N2CCCC2)cc1. The van der Waals surface area contributed by atoms with Gasteiger partial charge in [0.2, 0.25) is 0 Å². The molecule has 0 aromatic heterocycles. The summed E-state index contributed by atoms with van der Waals surface area (Å²) in [6.45, 7) is 2.73. The number of rotatable bonds is 5. The van der Waals surface area contributed by atoms with Gasteiger partial charge in [0.15, 0.2) is 6.10 Å². The van der Waals surface area contributed by atoms with Crippen molar-refractivity contribution in [3.05, 3.63) is 65.2 Å². The predicted molar refractivity (Wildman–Crippen MR) is 104 cm³/mol. The van der Waals surface area contributed by atoms with Crippen molar-refractivity contribution in [3.63, 3.8) is 0 Å². The van der Waals surface area contributed by atoms with E-state index < -0.39 is 0 Å². The molecule has 0 aliphatic carbocycles. The van der Waals surface area contributed by atoms with Crippen LogP contribution >= 0.6 is 11.6 Å². The Labute approximate surface area is 159 Å². The van der Waals surface area contributed by atoms with Gasteiger partial charge in [-0.3, -0.25) is 4.90 Å². The molecule has 2 aromatic rings. The largest absolute Gasteiger partial charge is 0.490 e. The van der Waals surface area contributed by atoms with Crippen molar-refractivity contribution in [2.75, 3.05) is 19.7 Å². The third-order valence-electron chi connectivity index (χ3n) is 5.00. The molecule has 1 saturated heterocycles. The standard InChI is InChI=1S/C21H23ClN2O2/c22-17-10-8-16(9-11-17)21-20(24-12-4-5-13-24)14-19(26-23-21)15-25-18-6-2-1-3-7-18/h1-3,6-11,19-20H,4-5,12-15H2. The van der Waals surface area contributed by atoms with Crippen LogP contribution in [-0.2, 0) is 4.84 Å². The molecule has 0 amide bonds. The molecule has 2 aliphatic heterocycles. The third kappa shape index (κ3) is 4.02. The fourth-order valence-electron chi connectivity index (χ4n) is 3.64. The minimum absolute atomic E-state index is 0.0446. The van der Waals surface area contributed by atoms with Crippen molar-refractivity contribution in [2.45, 2.75) is 31.4 Å². The van der Waals surface area contributed by atoms with Gasteiger partial charge in [0.1, 0.15) is 18.1 Å².